The van der Waals surface area contributed by atoms with Crippen LogP contribution < -0.4 is 10.5 Å². The monoisotopic (exact) mass is 432 g/mol. The zero-order valence-corrected chi connectivity index (χ0v) is 17.1. The van der Waals surface area contributed by atoms with Crippen molar-refractivity contribution in [2.24, 2.45) is 5.73 Å². The lowest BCUT2D eigenvalue weighted by molar-refractivity contribution is 0.602. The number of aromatic nitrogens is 2. The van der Waals surface area contributed by atoms with E-state index in [4.69, 9.17) is 17.3 Å². The number of hydrogen-bond acceptors (Lipinski definition) is 5. The third-order valence-electron chi connectivity index (χ3n) is 4.26. The van der Waals surface area contributed by atoms with Gasteiger partial charge in [0.25, 0.3) is 10.0 Å². The van der Waals surface area contributed by atoms with E-state index >= 15 is 0 Å². The van der Waals surface area contributed by atoms with Crippen molar-refractivity contribution >= 4 is 49.7 Å². The molecule has 0 bridgehead atoms. The molecular formula is C19H17ClN4O2S2. The van der Waals surface area contributed by atoms with E-state index in [1.807, 2.05) is 48.5 Å². The number of anilines is 1. The molecule has 2 heterocycles. The summed E-state index contributed by atoms with van der Waals surface area (Å²) in [5.74, 6) is 0.287. The quantitative estimate of drug-likeness (QED) is 0.480. The average molecular weight is 433 g/mol. The number of hydrogen-bond donors (Lipinski definition) is 2. The smallest absolute Gasteiger partial charge is 0.272 e. The first kappa shape index (κ1) is 18.9. The Balaban J connectivity index is 1.72. The van der Waals surface area contributed by atoms with E-state index in [9.17, 15) is 8.42 Å². The van der Waals surface area contributed by atoms with Gasteiger partial charge in [-0.3, -0.25) is 9.40 Å². The summed E-state index contributed by atoms with van der Waals surface area (Å²) in [6, 6.07) is 18.5. The molecule has 0 aliphatic heterocycles. The molecule has 4 rings (SSSR count). The standard InChI is InChI=1S/C19H17ClN4O2S2/c20-17-8-9-18(27-17)28(25,26)23-19-15-6-1-2-7-16(15)24(22-19)12-14-5-3-4-13(10-14)11-21/h1-10H,11-12,21H2,(H,22,23). The van der Waals surface area contributed by atoms with E-state index in [0.29, 0.717) is 17.4 Å². The Kier molecular flexibility index (Phi) is 5.11. The molecule has 0 saturated carbocycles. The van der Waals surface area contributed by atoms with Crippen molar-refractivity contribution in [1.29, 1.82) is 0 Å². The molecule has 0 aliphatic carbocycles. The van der Waals surface area contributed by atoms with E-state index in [2.05, 4.69) is 9.82 Å². The topological polar surface area (TPSA) is 90.0 Å². The van der Waals surface area contributed by atoms with Crippen molar-refractivity contribution in [2.45, 2.75) is 17.3 Å². The van der Waals surface area contributed by atoms with Crippen LogP contribution in [0.2, 0.25) is 4.34 Å². The van der Waals surface area contributed by atoms with Gasteiger partial charge in [0.05, 0.1) is 16.4 Å². The molecule has 0 radical (unpaired) electrons. The molecule has 2 aromatic carbocycles. The first-order chi connectivity index (χ1) is 13.5. The van der Waals surface area contributed by atoms with E-state index in [0.717, 1.165) is 33.4 Å². The molecule has 0 amide bonds. The molecule has 28 heavy (non-hydrogen) atoms. The Morgan fingerprint density at radius 3 is 2.61 bits per heavy atom. The van der Waals surface area contributed by atoms with E-state index in [-0.39, 0.29) is 10.0 Å². The number of rotatable bonds is 6. The maximum Gasteiger partial charge on any atom is 0.272 e. The summed E-state index contributed by atoms with van der Waals surface area (Å²) in [6.45, 7) is 0.961. The van der Waals surface area contributed by atoms with Crippen molar-refractivity contribution in [3.05, 3.63) is 76.1 Å². The molecule has 6 nitrogen and oxygen atoms in total. The highest BCUT2D eigenvalue weighted by Gasteiger charge is 2.20. The Morgan fingerprint density at radius 2 is 1.86 bits per heavy atom. The minimum absolute atomic E-state index is 0.145. The van der Waals surface area contributed by atoms with E-state index in [1.165, 1.54) is 6.07 Å². The van der Waals surface area contributed by atoms with E-state index < -0.39 is 10.0 Å². The first-order valence-electron chi connectivity index (χ1n) is 8.48. The minimum atomic E-state index is -3.76. The molecule has 144 valence electrons. The second kappa shape index (κ2) is 7.56. The van der Waals surface area contributed by atoms with Crippen molar-refractivity contribution in [3.63, 3.8) is 0 Å². The van der Waals surface area contributed by atoms with Crippen LogP contribution in [0.3, 0.4) is 0 Å². The van der Waals surface area contributed by atoms with Gasteiger partial charge in [0, 0.05) is 11.9 Å². The number of thiophene rings is 1. The molecule has 2 aromatic heterocycles. The molecule has 0 unspecified atom stereocenters. The van der Waals surface area contributed by atoms with Crippen LogP contribution >= 0.6 is 22.9 Å². The van der Waals surface area contributed by atoms with Crippen LogP contribution in [0.4, 0.5) is 5.82 Å². The fraction of sp³-hybridized carbons (Fsp3) is 0.105. The third kappa shape index (κ3) is 3.77. The summed E-state index contributed by atoms with van der Waals surface area (Å²) in [6.07, 6.45) is 0. The van der Waals surface area contributed by atoms with Gasteiger partial charge in [-0.2, -0.15) is 5.10 Å². The molecule has 3 N–H and O–H groups in total. The summed E-state index contributed by atoms with van der Waals surface area (Å²) in [4.78, 5) is 0. The second-order valence-electron chi connectivity index (χ2n) is 6.21. The average Bonchev–Trinajstić information content (AvgIpc) is 3.27. The van der Waals surface area contributed by atoms with Crippen molar-refractivity contribution in [3.8, 4) is 0 Å². The number of nitrogens with one attached hydrogen (secondary N) is 1. The molecule has 0 spiro atoms. The molecule has 0 aliphatic rings. The summed E-state index contributed by atoms with van der Waals surface area (Å²) in [5, 5.41) is 5.25. The first-order valence-corrected chi connectivity index (χ1v) is 11.2. The number of fused-ring (bicyclic) bond motifs is 1. The van der Waals surface area contributed by atoms with Gasteiger partial charge in [-0.1, -0.05) is 48.0 Å². The number of benzene rings is 2. The maximum absolute atomic E-state index is 12.7. The predicted octanol–water partition coefficient (Wildman–Crippen LogP) is 4.06. The number of sulfonamides is 1. The maximum atomic E-state index is 12.7. The predicted molar refractivity (Wildman–Crippen MR) is 113 cm³/mol. The van der Waals surface area contributed by atoms with Gasteiger partial charge in [-0.25, -0.2) is 8.42 Å². The lowest BCUT2D eigenvalue weighted by Crippen LogP contribution is -2.12. The number of para-hydroxylation sites is 1. The normalized spacial score (nSPS) is 11.8. The van der Waals surface area contributed by atoms with Gasteiger partial charge >= 0.3 is 0 Å². The van der Waals surface area contributed by atoms with Crippen molar-refractivity contribution in [2.75, 3.05) is 4.72 Å². The van der Waals surface area contributed by atoms with Crippen LogP contribution in [0.1, 0.15) is 11.1 Å². The zero-order chi connectivity index (χ0) is 19.7. The lowest BCUT2D eigenvalue weighted by Gasteiger charge is -2.06. The number of nitrogens with two attached hydrogens (primary N) is 1. The largest absolute Gasteiger partial charge is 0.326 e. The Morgan fingerprint density at radius 1 is 1.07 bits per heavy atom. The zero-order valence-electron chi connectivity index (χ0n) is 14.7. The van der Waals surface area contributed by atoms with Crippen molar-refractivity contribution < 1.29 is 8.42 Å². The van der Waals surface area contributed by atoms with Crippen molar-refractivity contribution in [1.82, 2.24) is 9.78 Å². The van der Waals surface area contributed by atoms with Gasteiger partial charge in [-0.15, -0.1) is 11.3 Å². The van der Waals surface area contributed by atoms with Crippen LogP contribution in [0.15, 0.2) is 64.9 Å². The van der Waals surface area contributed by atoms with Gasteiger partial charge in [0.15, 0.2) is 5.82 Å². The van der Waals surface area contributed by atoms with Gasteiger partial charge in [0.2, 0.25) is 0 Å². The van der Waals surface area contributed by atoms with Crippen LogP contribution in [0.25, 0.3) is 10.9 Å². The highest BCUT2D eigenvalue weighted by Crippen LogP contribution is 2.30. The Hall–Kier alpha value is -2.39. The van der Waals surface area contributed by atoms with Crippen LogP contribution in [0.5, 0.6) is 0 Å². The summed E-state index contributed by atoms with van der Waals surface area (Å²) in [7, 11) is -3.76. The summed E-state index contributed by atoms with van der Waals surface area (Å²) < 4.78 is 30.3. The van der Waals surface area contributed by atoms with E-state index in [1.54, 1.807) is 10.7 Å². The highest BCUT2D eigenvalue weighted by atomic mass is 35.5. The second-order valence-corrected chi connectivity index (χ2v) is 9.84. The number of nitrogens with zero attached hydrogens (tertiary/aromatic N) is 2. The summed E-state index contributed by atoms with van der Waals surface area (Å²) in [5.41, 5.74) is 8.63. The molecule has 0 atom stereocenters. The van der Waals surface area contributed by atoms with Gasteiger partial charge in [-0.05, 0) is 35.4 Å². The minimum Gasteiger partial charge on any atom is -0.326 e. The van der Waals surface area contributed by atoms with Crippen LogP contribution in [0, 0.1) is 0 Å². The fourth-order valence-corrected chi connectivity index (χ4v) is 5.47. The molecule has 0 fully saturated rings. The molecule has 4 aromatic rings. The van der Waals surface area contributed by atoms with Gasteiger partial charge in [0.1, 0.15) is 4.21 Å². The lowest BCUT2D eigenvalue weighted by atomic mass is 10.1. The number of halogens is 1. The van der Waals surface area contributed by atoms with Crippen LogP contribution in [-0.2, 0) is 23.1 Å². The third-order valence-corrected chi connectivity index (χ3v) is 7.32. The molecule has 9 heteroatoms. The highest BCUT2D eigenvalue weighted by molar-refractivity contribution is 7.94. The summed E-state index contributed by atoms with van der Waals surface area (Å²) >= 11 is 6.88. The van der Waals surface area contributed by atoms with Gasteiger partial charge < -0.3 is 5.73 Å². The SMILES string of the molecule is NCc1cccc(Cn2nc(NS(=O)(=O)c3ccc(Cl)s3)c3ccccc32)c1. The molecular weight excluding hydrogens is 416 g/mol. The molecule has 0 saturated heterocycles. The Labute approximate surface area is 171 Å². The van der Waals surface area contributed by atoms with Crippen LogP contribution in [-0.4, -0.2) is 18.2 Å². The fourth-order valence-electron chi connectivity index (χ4n) is 2.97. The Bertz CT molecular complexity index is 1250.